The Morgan fingerprint density at radius 3 is 1.62 bits per heavy atom. The Kier molecular flexibility index (Phi) is 24.4. The van der Waals surface area contributed by atoms with Crippen LogP contribution in [0.3, 0.4) is 0 Å². The van der Waals surface area contributed by atoms with Gasteiger partial charge in [-0.3, -0.25) is 9.08 Å². The molecule has 0 unspecified atom stereocenters. The van der Waals surface area contributed by atoms with Gasteiger partial charge >= 0.3 is 6.09 Å². The van der Waals surface area contributed by atoms with Crippen LogP contribution < -0.4 is 19.7 Å². The van der Waals surface area contributed by atoms with Gasteiger partial charge < -0.3 is 38.5 Å². The van der Waals surface area contributed by atoms with Crippen molar-refractivity contribution >= 4 is 51.9 Å². The number of halogens is 1. The van der Waals surface area contributed by atoms with Gasteiger partial charge in [-0.15, -0.1) is 0 Å². The van der Waals surface area contributed by atoms with E-state index in [1.54, 1.807) is 31.4 Å². The summed E-state index contributed by atoms with van der Waals surface area (Å²) >= 11 is 0. The molecule has 0 saturated heterocycles. The van der Waals surface area contributed by atoms with Crippen molar-refractivity contribution in [2.45, 2.75) is 38.2 Å². The van der Waals surface area contributed by atoms with E-state index in [0.29, 0.717) is 58.7 Å². The van der Waals surface area contributed by atoms with Crippen LogP contribution in [-0.4, -0.2) is 119 Å². The van der Waals surface area contributed by atoms with E-state index >= 15 is 0 Å². The minimum absolute atomic E-state index is 0.0735. The van der Waals surface area contributed by atoms with Crippen LogP contribution in [0.4, 0.5) is 20.6 Å². The molecule has 0 spiro atoms. The molecule has 0 aliphatic rings. The second-order valence-electron chi connectivity index (χ2n) is 16.1. The molecule has 16 heteroatoms. The first-order chi connectivity index (χ1) is 33.2. The molecule has 0 aliphatic carbocycles. The first-order valence-electron chi connectivity index (χ1n) is 22.6. The van der Waals surface area contributed by atoms with Gasteiger partial charge in [0.15, 0.2) is 0 Å². The predicted molar refractivity (Wildman–Crippen MR) is 270 cm³/mol. The highest BCUT2D eigenvalue weighted by Crippen LogP contribution is 2.20. The average Bonchev–Trinajstić information content (AvgIpc) is 3.34. The van der Waals surface area contributed by atoms with Crippen LogP contribution in [0.5, 0.6) is 11.6 Å². The molecule has 1 amide bonds. The van der Waals surface area contributed by atoms with Crippen LogP contribution in [0, 0.1) is 6.92 Å². The van der Waals surface area contributed by atoms with Crippen molar-refractivity contribution in [1.82, 2.24) is 4.98 Å². The van der Waals surface area contributed by atoms with Crippen molar-refractivity contribution in [2.75, 3.05) is 104 Å². The molecular weight excluding hydrogens is 905 g/mol. The Morgan fingerprint density at radius 1 is 0.623 bits per heavy atom. The summed E-state index contributed by atoms with van der Waals surface area (Å²) in [6.07, 6.45) is 9.35. The van der Waals surface area contributed by atoms with Gasteiger partial charge in [0.2, 0.25) is 5.88 Å². The second-order valence-corrected chi connectivity index (χ2v) is 17.7. The van der Waals surface area contributed by atoms with Crippen molar-refractivity contribution in [1.29, 1.82) is 0 Å². The van der Waals surface area contributed by atoms with Gasteiger partial charge in [0.25, 0.3) is 10.1 Å². The fourth-order valence-corrected chi connectivity index (χ4v) is 6.63. The summed E-state index contributed by atoms with van der Waals surface area (Å²) in [5.41, 5.74) is 6.39. The number of ether oxygens (including phenoxy) is 7. The molecule has 0 atom stereocenters. The number of anilines is 2. The molecule has 1 N–H and O–H groups in total. The number of hydrogen-bond acceptors (Lipinski definition) is 13. The minimum atomic E-state index is -3.79. The lowest BCUT2D eigenvalue weighted by molar-refractivity contribution is 0.0275. The van der Waals surface area contributed by atoms with Gasteiger partial charge in [-0.1, -0.05) is 78.4 Å². The topological polar surface area (TPSA) is 153 Å². The highest BCUT2D eigenvalue weighted by Gasteiger charge is 2.20. The van der Waals surface area contributed by atoms with E-state index in [2.05, 4.69) is 34.6 Å². The van der Waals surface area contributed by atoms with Crippen molar-refractivity contribution < 1.29 is 54.9 Å². The van der Waals surface area contributed by atoms with Gasteiger partial charge in [0.05, 0.1) is 64.4 Å². The SMILES string of the molecule is CNc1ccc(/C=C/c2ccc(OCCOCCOCC[18F])cc2)cc1.Cc1ccc(S(=O)(=O)OCCOCCOCCOc2ccc(/C=C/c3ccc(N(C)C(=O)OC(C)(C)C)cc3)cn2)cc1. The number of amides is 1. The number of aryl methyl sites for hydroxylation is 1. The maximum atomic E-state index is 12.2. The number of hydrogen-bond donors (Lipinski definition) is 1. The van der Waals surface area contributed by atoms with Crippen molar-refractivity contribution in [3.8, 4) is 11.6 Å². The molecule has 0 fully saturated rings. The van der Waals surface area contributed by atoms with Crippen LogP contribution in [0.2, 0.25) is 0 Å². The van der Waals surface area contributed by atoms with Crippen LogP contribution >= 0.6 is 0 Å². The summed E-state index contributed by atoms with van der Waals surface area (Å²) < 4.78 is 78.8. The molecule has 0 bridgehead atoms. The van der Waals surface area contributed by atoms with Crippen LogP contribution in [-0.2, 0) is 38.0 Å². The lowest BCUT2D eigenvalue weighted by Crippen LogP contribution is -2.34. The number of pyridine rings is 1. The van der Waals surface area contributed by atoms with Crippen LogP contribution in [0.25, 0.3) is 24.3 Å². The zero-order valence-electron chi connectivity index (χ0n) is 40.4. The van der Waals surface area contributed by atoms with Gasteiger partial charge in [-0.25, -0.2) is 14.2 Å². The first kappa shape index (κ1) is 55.5. The molecule has 4 aromatic carbocycles. The summed E-state index contributed by atoms with van der Waals surface area (Å²) in [5.74, 6) is 1.29. The molecule has 0 aliphatic heterocycles. The molecule has 1 heterocycles. The number of aromatic nitrogens is 1. The number of carbonyl (C=O) groups excluding carboxylic acids is 1. The lowest BCUT2D eigenvalue weighted by Gasteiger charge is -2.24. The number of alkyl halides is 1. The Balaban J connectivity index is 0.000000340. The maximum absolute atomic E-state index is 12.2. The van der Waals surface area contributed by atoms with E-state index in [1.807, 2.05) is 114 Å². The fourth-order valence-electron chi connectivity index (χ4n) is 5.74. The highest BCUT2D eigenvalue weighted by molar-refractivity contribution is 7.86. The summed E-state index contributed by atoms with van der Waals surface area (Å²) in [7, 11) is -0.204. The molecule has 69 heavy (non-hydrogen) atoms. The number of nitrogens with one attached hydrogen (secondary N) is 1. The standard InChI is InChI=1S/C32H40N2O8S.C21H26FNO3/c1-25-6-15-29(16-7-25)43(36,37)41-23-21-39-19-18-38-20-22-40-30-17-12-27(24-33-30)9-8-26-10-13-28(14-11-26)34(5)31(35)42-32(2,3)4;1-23-20-8-4-18(5-9-20)2-3-19-6-10-21(11-7-19)26-17-16-25-15-14-24-13-12-22/h6-17,24H,18-23H2,1-5H3;2-11,23H,12-17H2,1H3/b9-8+;3-2+/i;22-1. The Labute approximate surface area is 407 Å². The first-order valence-corrected chi connectivity index (χ1v) is 24.0. The monoisotopic (exact) mass is 970 g/mol. The molecule has 372 valence electrons. The molecule has 1 aromatic heterocycles. The van der Waals surface area contributed by atoms with E-state index in [0.717, 1.165) is 44.9 Å². The average molecular weight is 971 g/mol. The molecule has 5 aromatic rings. The number of rotatable bonds is 27. The fraction of sp³-hybridized carbons (Fsp3) is 0.358. The minimum Gasteiger partial charge on any atom is -0.491 e. The van der Waals surface area contributed by atoms with Gasteiger partial charge in [-0.2, -0.15) is 8.42 Å². The van der Waals surface area contributed by atoms with E-state index in [4.69, 9.17) is 37.3 Å². The zero-order valence-corrected chi connectivity index (χ0v) is 41.3. The van der Waals surface area contributed by atoms with E-state index in [-0.39, 0.29) is 24.7 Å². The van der Waals surface area contributed by atoms with Gasteiger partial charge in [0.1, 0.15) is 31.2 Å². The third-order valence-electron chi connectivity index (χ3n) is 9.44. The Morgan fingerprint density at radius 2 is 1.10 bits per heavy atom. The Hall–Kier alpha value is -6.14. The second kappa shape index (κ2) is 30.4. The van der Waals surface area contributed by atoms with Gasteiger partial charge in [-0.05, 0) is 105 Å². The Bertz CT molecular complexity index is 2380. The number of carbonyl (C=O) groups is 1. The summed E-state index contributed by atoms with van der Waals surface area (Å²) in [6, 6.07) is 33.9. The van der Waals surface area contributed by atoms with Crippen molar-refractivity contribution in [3.63, 3.8) is 0 Å². The van der Waals surface area contributed by atoms with E-state index in [9.17, 15) is 17.6 Å². The summed E-state index contributed by atoms with van der Waals surface area (Å²) in [4.78, 5) is 18.2. The normalized spacial score (nSPS) is 11.6. The number of nitrogens with zero attached hydrogens (tertiary/aromatic N) is 2. The molecule has 0 saturated carbocycles. The molecular formula is C53H66FN3O11S. The maximum Gasteiger partial charge on any atom is 0.414 e. The highest BCUT2D eigenvalue weighted by atomic mass is 32.2. The van der Waals surface area contributed by atoms with Crippen LogP contribution in [0.1, 0.15) is 48.6 Å². The van der Waals surface area contributed by atoms with Crippen molar-refractivity contribution in [2.24, 2.45) is 0 Å². The zero-order chi connectivity index (χ0) is 49.7. The van der Waals surface area contributed by atoms with E-state index in [1.165, 1.54) is 17.0 Å². The molecule has 0 radical (unpaired) electrons. The largest absolute Gasteiger partial charge is 0.491 e. The third kappa shape index (κ3) is 22.7. The molecule has 5 rings (SSSR count). The van der Waals surface area contributed by atoms with Crippen LogP contribution in [0.15, 0.2) is 120 Å². The summed E-state index contributed by atoms with van der Waals surface area (Å²) in [6.45, 7) is 10.2. The predicted octanol–water partition coefficient (Wildman–Crippen LogP) is 10.0. The molecule has 14 nitrogen and oxygen atoms in total. The lowest BCUT2D eigenvalue weighted by atomic mass is 10.1. The quantitative estimate of drug-likeness (QED) is 0.0302. The number of benzene rings is 4. The summed E-state index contributed by atoms with van der Waals surface area (Å²) in [5, 5.41) is 3.10. The van der Waals surface area contributed by atoms with Gasteiger partial charge in [0, 0.05) is 37.7 Å². The van der Waals surface area contributed by atoms with E-state index < -0.39 is 28.5 Å². The smallest absolute Gasteiger partial charge is 0.414 e. The van der Waals surface area contributed by atoms with Crippen molar-refractivity contribution in [3.05, 3.63) is 143 Å². The third-order valence-corrected chi connectivity index (χ3v) is 10.8.